The average molecular weight is 413 g/mol. The highest BCUT2D eigenvalue weighted by Crippen LogP contribution is 2.23. The molecule has 9 heteroatoms. The number of hydrogen-bond acceptors (Lipinski definition) is 5. The van der Waals surface area contributed by atoms with E-state index >= 15 is 0 Å². The van der Waals surface area contributed by atoms with E-state index in [-0.39, 0.29) is 18.9 Å². The van der Waals surface area contributed by atoms with Gasteiger partial charge in [0.05, 0.1) is 25.3 Å². The SMILES string of the molecule is Cc1cc(N(CCC#N)C(=O)CN2CCCN(S(C)(=O)=O)CC2)ccc1Cl. The number of sulfonamides is 1. The van der Waals surface area contributed by atoms with E-state index in [1.807, 2.05) is 17.9 Å². The van der Waals surface area contributed by atoms with Gasteiger partial charge in [0.1, 0.15) is 0 Å². The van der Waals surface area contributed by atoms with Crippen LogP contribution in [0.3, 0.4) is 0 Å². The molecule has 1 fully saturated rings. The third-order valence-corrected chi connectivity index (χ3v) is 6.30. The van der Waals surface area contributed by atoms with Crippen molar-refractivity contribution in [3.05, 3.63) is 28.8 Å². The number of nitrogens with zero attached hydrogens (tertiary/aromatic N) is 4. The predicted octanol–water partition coefficient (Wildman–Crippen LogP) is 1.86. The van der Waals surface area contributed by atoms with Gasteiger partial charge in [-0.05, 0) is 43.7 Å². The zero-order chi connectivity index (χ0) is 20.0. The lowest BCUT2D eigenvalue weighted by atomic mass is 10.2. The van der Waals surface area contributed by atoms with Gasteiger partial charge in [0.25, 0.3) is 0 Å². The van der Waals surface area contributed by atoms with Gasteiger partial charge in [0.15, 0.2) is 0 Å². The minimum Gasteiger partial charge on any atom is -0.310 e. The maximum atomic E-state index is 12.9. The zero-order valence-electron chi connectivity index (χ0n) is 15.7. The van der Waals surface area contributed by atoms with Gasteiger partial charge < -0.3 is 4.90 Å². The maximum Gasteiger partial charge on any atom is 0.241 e. The van der Waals surface area contributed by atoms with Crippen molar-refractivity contribution in [1.82, 2.24) is 9.21 Å². The third kappa shape index (κ3) is 6.18. The number of anilines is 1. The Hall–Kier alpha value is -1.66. The first kappa shape index (κ1) is 21.6. The second kappa shape index (κ2) is 9.51. The molecule has 1 heterocycles. The van der Waals surface area contributed by atoms with E-state index in [0.29, 0.717) is 49.9 Å². The number of nitriles is 1. The molecular weight excluding hydrogens is 388 g/mol. The van der Waals surface area contributed by atoms with Crippen LogP contribution in [0.2, 0.25) is 5.02 Å². The van der Waals surface area contributed by atoms with E-state index in [9.17, 15) is 13.2 Å². The van der Waals surface area contributed by atoms with E-state index in [0.717, 1.165) is 5.56 Å². The van der Waals surface area contributed by atoms with Crippen LogP contribution in [0.15, 0.2) is 18.2 Å². The van der Waals surface area contributed by atoms with Crippen LogP contribution in [-0.2, 0) is 14.8 Å². The molecule has 0 aliphatic carbocycles. The molecule has 0 unspecified atom stereocenters. The minimum absolute atomic E-state index is 0.111. The second-order valence-corrected chi connectivity index (χ2v) is 9.07. The summed E-state index contributed by atoms with van der Waals surface area (Å²) in [4.78, 5) is 16.5. The predicted molar refractivity (Wildman–Crippen MR) is 106 cm³/mol. The molecule has 0 bridgehead atoms. The summed E-state index contributed by atoms with van der Waals surface area (Å²) in [6.45, 7) is 4.37. The molecule has 1 aliphatic heterocycles. The summed E-state index contributed by atoms with van der Waals surface area (Å²) in [7, 11) is -3.22. The van der Waals surface area contributed by atoms with Crippen molar-refractivity contribution in [1.29, 1.82) is 5.26 Å². The Kier molecular flexibility index (Phi) is 7.62. The monoisotopic (exact) mass is 412 g/mol. The average Bonchev–Trinajstić information content (AvgIpc) is 2.84. The van der Waals surface area contributed by atoms with Gasteiger partial charge in [-0.25, -0.2) is 12.7 Å². The Morgan fingerprint density at radius 2 is 2.04 bits per heavy atom. The number of halogens is 1. The van der Waals surface area contributed by atoms with Crippen LogP contribution in [0, 0.1) is 18.3 Å². The molecular formula is C18H25ClN4O3S. The van der Waals surface area contributed by atoms with Crippen LogP contribution in [0.25, 0.3) is 0 Å². The second-order valence-electron chi connectivity index (χ2n) is 6.68. The minimum atomic E-state index is -3.22. The summed E-state index contributed by atoms with van der Waals surface area (Å²) in [5, 5.41) is 9.55. The molecule has 27 heavy (non-hydrogen) atoms. The fraction of sp³-hybridized carbons (Fsp3) is 0.556. The van der Waals surface area contributed by atoms with Gasteiger partial charge in [-0.1, -0.05) is 11.6 Å². The molecule has 0 N–H and O–H groups in total. The van der Waals surface area contributed by atoms with Gasteiger partial charge in [-0.3, -0.25) is 9.69 Å². The Balaban J connectivity index is 2.09. The quantitative estimate of drug-likeness (QED) is 0.712. The Morgan fingerprint density at radius 3 is 2.67 bits per heavy atom. The molecule has 148 valence electrons. The van der Waals surface area contributed by atoms with Crippen LogP contribution in [0.1, 0.15) is 18.4 Å². The standard InChI is InChI=1S/C18H25ClN4O3S/c1-15-13-16(5-6-17(15)19)23(10-3-7-20)18(24)14-21-8-4-9-22(12-11-21)27(2,25)26/h5-6,13H,3-4,8-12,14H2,1-2H3. The fourth-order valence-corrected chi connectivity index (χ4v) is 4.06. The lowest BCUT2D eigenvalue weighted by Crippen LogP contribution is -2.42. The van der Waals surface area contributed by atoms with Gasteiger partial charge in [-0.2, -0.15) is 5.26 Å². The van der Waals surface area contributed by atoms with Crippen molar-refractivity contribution >= 4 is 33.2 Å². The van der Waals surface area contributed by atoms with E-state index in [1.54, 1.807) is 17.0 Å². The summed E-state index contributed by atoms with van der Waals surface area (Å²) >= 11 is 6.08. The molecule has 1 aliphatic rings. The molecule has 0 spiro atoms. The van der Waals surface area contributed by atoms with E-state index in [4.69, 9.17) is 16.9 Å². The van der Waals surface area contributed by atoms with E-state index in [2.05, 4.69) is 6.07 Å². The molecule has 1 aromatic rings. The van der Waals surface area contributed by atoms with Crippen LogP contribution in [0.5, 0.6) is 0 Å². The van der Waals surface area contributed by atoms with Crippen molar-refractivity contribution in [3.8, 4) is 6.07 Å². The summed E-state index contributed by atoms with van der Waals surface area (Å²) in [5.74, 6) is -0.111. The number of amides is 1. The normalized spacial score (nSPS) is 16.5. The topological polar surface area (TPSA) is 84.7 Å². The fourth-order valence-electron chi connectivity index (χ4n) is 3.07. The maximum absolute atomic E-state index is 12.9. The molecule has 1 saturated heterocycles. The van der Waals surface area contributed by atoms with Crippen LogP contribution < -0.4 is 4.90 Å². The lowest BCUT2D eigenvalue weighted by Gasteiger charge is -2.26. The van der Waals surface area contributed by atoms with Crippen LogP contribution in [-0.4, -0.2) is 69.1 Å². The molecule has 0 radical (unpaired) electrons. The van der Waals surface area contributed by atoms with Crippen LogP contribution in [0.4, 0.5) is 5.69 Å². The molecule has 7 nitrogen and oxygen atoms in total. The molecule has 1 amide bonds. The number of aryl methyl sites for hydroxylation is 1. The highest BCUT2D eigenvalue weighted by Gasteiger charge is 2.24. The largest absolute Gasteiger partial charge is 0.310 e. The van der Waals surface area contributed by atoms with Gasteiger partial charge in [0, 0.05) is 36.9 Å². The van der Waals surface area contributed by atoms with Crippen molar-refractivity contribution in [2.45, 2.75) is 19.8 Å². The molecule has 1 aromatic carbocycles. The number of rotatable bonds is 6. The van der Waals surface area contributed by atoms with Gasteiger partial charge in [0.2, 0.25) is 15.9 Å². The molecule has 0 saturated carbocycles. The van der Waals surface area contributed by atoms with Crippen LogP contribution >= 0.6 is 11.6 Å². The lowest BCUT2D eigenvalue weighted by molar-refractivity contribution is -0.119. The first-order valence-electron chi connectivity index (χ1n) is 8.83. The molecule has 0 atom stereocenters. The highest BCUT2D eigenvalue weighted by molar-refractivity contribution is 7.88. The van der Waals surface area contributed by atoms with Crippen molar-refractivity contribution in [2.75, 3.05) is 50.4 Å². The summed E-state index contributed by atoms with van der Waals surface area (Å²) in [6, 6.07) is 7.44. The first-order chi connectivity index (χ1) is 12.7. The number of carbonyl (C=O) groups is 1. The Bertz CT molecular complexity index is 822. The van der Waals surface area contributed by atoms with E-state index in [1.165, 1.54) is 10.6 Å². The zero-order valence-corrected chi connectivity index (χ0v) is 17.3. The molecule has 2 rings (SSSR count). The third-order valence-electron chi connectivity index (χ3n) is 4.58. The summed E-state index contributed by atoms with van der Waals surface area (Å²) in [5.41, 5.74) is 1.58. The van der Waals surface area contributed by atoms with Gasteiger partial charge >= 0.3 is 0 Å². The number of benzene rings is 1. The van der Waals surface area contributed by atoms with E-state index < -0.39 is 10.0 Å². The highest BCUT2D eigenvalue weighted by atomic mass is 35.5. The molecule has 0 aromatic heterocycles. The summed E-state index contributed by atoms with van der Waals surface area (Å²) < 4.78 is 24.9. The Morgan fingerprint density at radius 1 is 1.30 bits per heavy atom. The smallest absolute Gasteiger partial charge is 0.241 e. The number of hydrogen-bond donors (Lipinski definition) is 0. The first-order valence-corrected chi connectivity index (χ1v) is 11.1. The van der Waals surface area contributed by atoms with Crippen molar-refractivity contribution < 1.29 is 13.2 Å². The number of carbonyl (C=O) groups excluding carboxylic acids is 1. The Labute approximate surface area is 166 Å². The van der Waals surface area contributed by atoms with Gasteiger partial charge in [-0.15, -0.1) is 0 Å². The summed E-state index contributed by atoms with van der Waals surface area (Å²) in [6.07, 6.45) is 2.12. The van der Waals surface area contributed by atoms with Crippen molar-refractivity contribution in [2.24, 2.45) is 0 Å². The van der Waals surface area contributed by atoms with Crippen molar-refractivity contribution in [3.63, 3.8) is 0 Å².